The summed E-state index contributed by atoms with van der Waals surface area (Å²) in [6, 6.07) is 5.22. The van der Waals surface area contributed by atoms with Crippen LogP contribution in [0.25, 0.3) is 0 Å². The number of nitrogens with zero attached hydrogens (tertiary/aromatic N) is 2. The molecule has 2 aromatic rings. The number of carbonyl (C=O) groups excluding carboxylic acids is 1. The van der Waals surface area contributed by atoms with Crippen LogP contribution >= 0.6 is 11.3 Å². The predicted molar refractivity (Wildman–Crippen MR) is 106 cm³/mol. The molecule has 1 aliphatic rings. The molecule has 1 fully saturated rings. The van der Waals surface area contributed by atoms with Crippen molar-refractivity contribution < 1.29 is 13.2 Å². The molecule has 0 bridgehead atoms. The van der Waals surface area contributed by atoms with Crippen molar-refractivity contribution in [3.63, 3.8) is 0 Å². The van der Waals surface area contributed by atoms with E-state index in [1.54, 1.807) is 12.1 Å². The van der Waals surface area contributed by atoms with E-state index in [4.69, 9.17) is 0 Å². The Labute approximate surface area is 164 Å². The van der Waals surface area contributed by atoms with E-state index >= 15 is 0 Å². The van der Waals surface area contributed by atoms with Gasteiger partial charge in [0.25, 0.3) is 0 Å². The number of amides is 1. The highest BCUT2D eigenvalue weighted by atomic mass is 32.2. The van der Waals surface area contributed by atoms with Crippen LogP contribution in [0.4, 0.5) is 0 Å². The highest BCUT2D eigenvalue weighted by Gasteiger charge is 2.32. The molecule has 0 aliphatic carbocycles. The molecule has 1 saturated heterocycles. The highest BCUT2D eigenvalue weighted by molar-refractivity contribution is 7.89. The van der Waals surface area contributed by atoms with Crippen LogP contribution in [0.5, 0.6) is 0 Å². The van der Waals surface area contributed by atoms with Gasteiger partial charge < -0.3 is 5.32 Å². The maximum Gasteiger partial charge on any atom is 0.243 e. The van der Waals surface area contributed by atoms with E-state index in [2.05, 4.69) is 10.3 Å². The molecule has 1 N–H and O–H groups in total. The number of thiazole rings is 1. The fraction of sp³-hybridized carbons (Fsp3) is 0.474. The lowest BCUT2D eigenvalue weighted by atomic mass is 9.97. The van der Waals surface area contributed by atoms with Crippen molar-refractivity contribution in [2.24, 2.45) is 5.92 Å². The lowest BCUT2D eigenvalue weighted by Gasteiger charge is -2.30. The molecule has 1 aromatic carbocycles. The van der Waals surface area contributed by atoms with Crippen molar-refractivity contribution in [1.29, 1.82) is 0 Å². The molecule has 0 atom stereocenters. The van der Waals surface area contributed by atoms with Gasteiger partial charge in [-0.05, 0) is 56.9 Å². The summed E-state index contributed by atoms with van der Waals surface area (Å²) in [5.41, 5.74) is 2.98. The van der Waals surface area contributed by atoms with E-state index in [0.717, 1.165) is 21.8 Å². The lowest BCUT2D eigenvalue weighted by molar-refractivity contribution is -0.126. The van der Waals surface area contributed by atoms with Gasteiger partial charge in [0, 0.05) is 30.1 Å². The molecule has 0 spiro atoms. The Morgan fingerprint density at radius 1 is 1.22 bits per heavy atom. The summed E-state index contributed by atoms with van der Waals surface area (Å²) in [4.78, 5) is 17.0. The summed E-state index contributed by atoms with van der Waals surface area (Å²) in [6.45, 7) is 6.96. The van der Waals surface area contributed by atoms with E-state index in [1.807, 2.05) is 32.2 Å². The van der Waals surface area contributed by atoms with Gasteiger partial charge in [-0.3, -0.25) is 4.79 Å². The van der Waals surface area contributed by atoms with E-state index < -0.39 is 10.0 Å². The molecule has 27 heavy (non-hydrogen) atoms. The minimum absolute atomic E-state index is 0.0221. The summed E-state index contributed by atoms with van der Waals surface area (Å²) in [5, 5.41) is 5.76. The first-order chi connectivity index (χ1) is 12.8. The molecule has 3 rings (SSSR count). The third-order valence-corrected chi connectivity index (χ3v) is 7.88. The Kier molecular flexibility index (Phi) is 5.98. The van der Waals surface area contributed by atoms with Gasteiger partial charge in [0.15, 0.2) is 0 Å². The monoisotopic (exact) mass is 407 g/mol. The Morgan fingerprint density at radius 2 is 1.93 bits per heavy atom. The number of benzene rings is 1. The number of hydrogen-bond acceptors (Lipinski definition) is 5. The molecule has 1 amide bonds. The van der Waals surface area contributed by atoms with Gasteiger partial charge in [0.05, 0.1) is 11.4 Å². The first-order valence-corrected chi connectivity index (χ1v) is 11.4. The SMILES string of the molecule is Cc1csc(CNC(=O)C2CCN(S(=O)(=O)c3ccc(C)c(C)c3)CC2)n1. The highest BCUT2D eigenvalue weighted by Crippen LogP contribution is 2.25. The van der Waals surface area contributed by atoms with Crippen molar-refractivity contribution in [3.05, 3.63) is 45.4 Å². The van der Waals surface area contributed by atoms with Gasteiger partial charge in [0.1, 0.15) is 5.01 Å². The molecule has 0 saturated carbocycles. The molecule has 2 heterocycles. The summed E-state index contributed by atoms with van der Waals surface area (Å²) >= 11 is 1.53. The average Bonchev–Trinajstić information content (AvgIpc) is 3.07. The zero-order valence-corrected chi connectivity index (χ0v) is 17.5. The molecular formula is C19H25N3O3S2. The molecule has 0 unspecified atom stereocenters. The van der Waals surface area contributed by atoms with Crippen LogP contribution < -0.4 is 5.32 Å². The lowest BCUT2D eigenvalue weighted by Crippen LogP contribution is -2.42. The van der Waals surface area contributed by atoms with Crippen LogP contribution in [0.15, 0.2) is 28.5 Å². The third-order valence-electron chi connectivity index (χ3n) is 5.02. The Bertz CT molecular complexity index is 929. The summed E-state index contributed by atoms with van der Waals surface area (Å²) < 4.78 is 27.2. The number of sulfonamides is 1. The molecule has 1 aliphatic heterocycles. The Hall–Kier alpha value is -1.77. The molecule has 6 nitrogen and oxygen atoms in total. The zero-order chi connectivity index (χ0) is 19.6. The molecule has 0 radical (unpaired) electrons. The minimum Gasteiger partial charge on any atom is -0.349 e. The fourth-order valence-electron chi connectivity index (χ4n) is 3.17. The number of hydrogen-bond donors (Lipinski definition) is 1. The standard InChI is InChI=1S/C19H25N3O3S2/c1-13-4-5-17(10-14(13)2)27(24,25)22-8-6-16(7-9-22)19(23)20-11-18-21-15(3)12-26-18/h4-5,10,12,16H,6-9,11H2,1-3H3,(H,20,23). The van der Waals surface area contributed by atoms with Gasteiger partial charge in [-0.15, -0.1) is 11.3 Å². The van der Waals surface area contributed by atoms with Crippen LogP contribution in [0.2, 0.25) is 0 Å². The third kappa shape index (κ3) is 4.56. The average molecular weight is 408 g/mol. The van der Waals surface area contributed by atoms with Crippen LogP contribution in [0, 0.1) is 26.7 Å². The van der Waals surface area contributed by atoms with Crippen molar-refractivity contribution in [1.82, 2.24) is 14.6 Å². The largest absolute Gasteiger partial charge is 0.349 e. The number of aryl methyl sites for hydroxylation is 3. The summed E-state index contributed by atoms with van der Waals surface area (Å²) in [7, 11) is -3.51. The number of nitrogens with one attached hydrogen (secondary N) is 1. The van der Waals surface area contributed by atoms with E-state index in [9.17, 15) is 13.2 Å². The Balaban J connectivity index is 1.57. The van der Waals surface area contributed by atoms with Crippen molar-refractivity contribution in [2.75, 3.05) is 13.1 Å². The number of aromatic nitrogens is 1. The molecular weight excluding hydrogens is 382 g/mol. The van der Waals surface area contributed by atoms with Crippen LogP contribution in [0.3, 0.4) is 0 Å². The number of carbonyl (C=O) groups is 1. The quantitative estimate of drug-likeness (QED) is 0.827. The topological polar surface area (TPSA) is 79.4 Å². The minimum atomic E-state index is -3.51. The second-order valence-electron chi connectivity index (χ2n) is 7.02. The predicted octanol–water partition coefficient (Wildman–Crippen LogP) is 2.79. The second-order valence-corrected chi connectivity index (χ2v) is 9.91. The smallest absolute Gasteiger partial charge is 0.243 e. The van der Waals surface area contributed by atoms with Crippen molar-refractivity contribution in [3.8, 4) is 0 Å². The molecule has 8 heteroatoms. The fourth-order valence-corrected chi connectivity index (χ4v) is 5.44. The summed E-state index contributed by atoms with van der Waals surface area (Å²) in [6.07, 6.45) is 1.07. The van der Waals surface area contributed by atoms with E-state index in [1.165, 1.54) is 15.6 Å². The molecule has 146 valence electrons. The summed E-state index contributed by atoms with van der Waals surface area (Å²) in [5.74, 6) is -0.177. The maximum atomic E-state index is 12.9. The second kappa shape index (κ2) is 8.08. The first-order valence-electron chi connectivity index (χ1n) is 9.03. The van der Waals surface area contributed by atoms with Crippen LogP contribution in [-0.4, -0.2) is 36.7 Å². The zero-order valence-electron chi connectivity index (χ0n) is 15.9. The Morgan fingerprint density at radius 3 is 2.52 bits per heavy atom. The van der Waals surface area contributed by atoms with E-state index in [0.29, 0.717) is 37.4 Å². The normalized spacial score (nSPS) is 16.4. The van der Waals surface area contributed by atoms with Gasteiger partial charge >= 0.3 is 0 Å². The number of rotatable bonds is 5. The van der Waals surface area contributed by atoms with Gasteiger partial charge in [0.2, 0.25) is 15.9 Å². The van der Waals surface area contributed by atoms with Crippen molar-refractivity contribution in [2.45, 2.75) is 45.1 Å². The first kappa shape index (κ1) is 20.0. The number of piperidine rings is 1. The van der Waals surface area contributed by atoms with Crippen LogP contribution in [-0.2, 0) is 21.4 Å². The van der Waals surface area contributed by atoms with Gasteiger partial charge in [-0.2, -0.15) is 4.31 Å². The molecule has 1 aromatic heterocycles. The maximum absolute atomic E-state index is 12.9. The van der Waals surface area contributed by atoms with Gasteiger partial charge in [-0.25, -0.2) is 13.4 Å². The van der Waals surface area contributed by atoms with Crippen molar-refractivity contribution >= 4 is 27.3 Å². The van der Waals surface area contributed by atoms with E-state index in [-0.39, 0.29) is 11.8 Å². The van der Waals surface area contributed by atoms with Gasteiger partial charge in [-0.1, -0.05) is 6.07 Å². The van der Waals surface area contributed by atoms with Crippen LogP contribution in [0.1, 0.15) is 34.7 Å².